The van der Waals surface area contributed by atoms with Crippen LogP contribution in [0.4, 0.5) is 11.4 Å². The van der Waals surface area contributed by atoms with Gasteiger partial charge in [0.2, 0.25) is 10.0 Å². The van der Waals surface area contributed by atoms with Crippen LogP contribution < -0.4 is 10.0 Å². The summed E-state index contributed by atoms with van der Waals surface area (Å²) in [5.41, 5.74) is 0.118. The fourth-order valence-electron chi connectivity index (χ4n) is 1.82. The van der Waals surface area contributed by atoms with Crippen LogP contribution in [0.1, 0.15) is 19.8 Å². The lowest BCUT2D eigenvalue weighted by atomic mass is 10.3. The van der Waals surface area contributed by atoms with Gasteiger partial charge in [0.1, 0.15) is 4.90 Å². The molecule has 2 rings (SSSR count). The molecule has 1 aliphatic rings. The minimum absolute atomic E-state index is 0.0469. The van der Waals surface area contributed by atoms with Crippen LogP contribution in [0.3, 0.4) is 0 Å². The van der Waals surface area contributed by atoms with Crippen LogP contribution in [0, 0.1) is 16.0 Å². The van der Waals surface area contributed by atoms with Crippen LogP contribution in [-0.4, -0.2) is 26.4 Å². The van der Waals surface area contributed by atoms with Gasteiger partial charge in [-0.05, 0) is 31.7 Å². The normalized spacial score (nSPS) is 15.1. The van der Waals surface area contributed by atoms with Gasteiger partial charge in [-0.15, -0.1) is 0 Å². The molecule has 20 heavy (non-hydrogen) atoms. The fraction of sp³-hybridized carbons (Fsp3) is 0.500. The summed E-state index contributed by atoms with van der Waals surface area (Å²) in [4.78, 5) is 10.3. The highest BCUT2D eigenvalue weighted by atomic mass is 32.2. The average Bonchev–Trinajstić information content (AvgIpc) is 3.20. The topological polar surface area (TPSA) is 101 Å². The van der Waals surface area contributed by atoms with Crippen molar-refractivity contribution in [1.29, 1.82) is 0 Å². The number of rotatable bonds is 7. The van der Waals surface area contributed by atoms with Gasteiger partial charge < -0.3 is 5.32 Å². The van der Waals surface area contributed by atoms with Crippen molar-refractivity contribution < 1.29 is 13.3 Å². The molecule has 8 heteroatoms. The Morgan fingerprint density at radius 3 is 2.65 bits per heavy atom. The Morgan fingerprint density at radius 1 is 1.40 bits per heavy atom. The Labute approximate surface area is 117 Å². The van der Waals surface area contributed by atoms with Gasteiger partial charge in [0.05, 0.1) is 10.6 Å². The largest absolute Gasteiger partial charge is 0.384 e. The zero-order valence-corrected chi connectivity index (χ0v) is 11.9. The molecule has 0 amide bonds. The monoisotopic (exact) mass is 299 g/mol. The zero-order valence-electron chi connectivity index (χ0n) is 11.1. The highest BCUT2D eigenvalue weighted by Crippen LogP contribution is 2.30. The van der Waals surface area contributed by atoms with Crippen molar-refractivity contribution >= 4 is 21.4 Å². The Kier molecular flexibility index (Phi) is 4.24. The van der Waals surface area contributed by atoms with Crippen LogP contribution >= 0.6 is 0 Å². The average molecular weight is 299 g/mol. The predicted molar refractivity (Wildman–Crippen MR) is 75.2 cm³/mol. The van der Waals surface area contributed by atoms with Gasteiger partial charge in [0.25, 0.3) is 5.69 Å². The van der Waals surface area contributed by atoms with E-state index >= 15 is 0 Å². The molecule has 1 aromatic rings. The molecule has 0 unspecified atom stereocenters. The molecule has 0 radical (unpaired) electrons. The Bertz CT molecular complexity index is 611. The van der Waals surface area contributed by atoms with Gasteiger partial charge in [-0.3, -0.25) is 10.1 Å². The molecule has 110 valence electrons. The van der Waals surface area contributed by atoms with Crippen molar-refractivity contribution in [3.63, 3.8) is 0 Å². The number of sulfonamides is 1. The number of benzene rings is 1. The maximum Gasteiger partial charge on any atom is 0.271 e. The van der Waals surface area contributed by atoms with Crippen LogP contribution in [0.2, 0.25) is 0 Å². The second-order valence-electron chi connectivity index (χ2n) is 4.76. The molecular weight excluding hydrogens is 282 g/mol. The van der Waals surface area contributed by atoms with Gasteiger partial charge in [0, 0.05) is 25.2 Å². The predicted octanol–water partition coefficient (Wildman–Crippen LogP) is 1.71. The minimum Gasteiger partial charge on any atom is -0.384 e. The van der Waals surface area contributed by atoms with Gasteiger partial charge in [-0.2, -0.15) is 0 Å². The Morgan fingerprint density at radius 2 is 2.10 bits per heavy atom. The van der Waals surface area contributed by atoms with E-state index in [2.05, 4.69) is 10.0 Å². The molecule has 0 atom stereocenters. The van der Waals surface area contributed by atoms with Gasteiger partial charge in [-0.1, -0.05) is 0 Å². The third-order valence-corrected chi connectivity index (χ3v) is 4.57. The van der Waals surface area contributed by atoms with Crippen molar-refractivity contribution in [3.05, 3.63) is 28.3 Å². The maximum absolute atomic E-state index is 12.2. The number of hydrogen-bond donors (Lipinski definition) is 2. The van der Waals surface area contributed by atoms with E-state index in [1.54, 1.807) is 6.92 Å². The van der Waals surface area contributed by atoms with Crippen molar-refractivity contribution in [2.75, 3.05) is 18.4 Å². The maximum atomic E-state index is 12.2. The molecule has 1 aromatic carbocycles. The molecule has 1 saturated carbocycles. The van der Waals surface area contributed by atoms with Gasteiger partial charge in [-0.25, -0.2) is 13.1 Å². The van der Waals surface area contributed by atoms with E-state index in [-0.39, 0.29) is 16.3 Å². The molecule has 0 aliphatic heterocycles. The summed E-state index contributed by atoms with van der Waals surface area (Å²) in [6.45, 7) is 2.70. The summed E-state index contributed by atoms with van der Waals surface area (Å²) >= 11 is 0. The van der Waals surface area contributed by atoms with Crippen molar-refractivity contribution in [2.24, 2.45) is 5.92 Å². The fourth-order valence-corrected chi connectivity index (χ4v) is 3.10. The highest BCUT2D eigenvalue weighted by molar-refractivity contribution is 7.89. The van der Waals surface area contributed by atoms with E-state index in [0.717, 1.165) is 12.8 Å². The second-order valence-corrected chi connectivity index (χ2v) is 6.50. The van der Waals surface area contributed by atoms with Crippen molar-refractivity contribution in [1.82, 2.24) is 4.72 Å². The summed E-state index contributed by atoms with van der Waals surface area (Å²) in [6.07, 6.45) is 2.09. The summed E-state index contributed by atoms with van der Waals surface area (Å²) in [5, 5.41) is 13.6. The summed E-state index contributed by atoms with van der Waals surface area (Å²) in [6, 6.07) is 3.72. The molecule has 0 aromatic heterocycles. The number of nitrogens with one attached hydrogen (secondary N) is 2. The van der Waals surface area contributed by atoms with E-state index in [4.69, 9.17) is 0 Å². The lowest BCUT2D eigenvalue weighted by Crippen LogP contribution is -2.26. The zero-order chi connectivity index (χ0) is 14.8. The molecular formula is C12H17N3O4S. The van der Waals surface area contributed by atoms with Crippen molar-refractivity contribution in [3.8, 4) is 0 Å². The summed E-state index contributed by atoms with van der Waals surface area (Å²) < 4.78 is 27.0. The molecule has 1 fully saturated rings. The van der Waals surface area contributed by atoms with E-state index < -0.39 is 14.9 Å². The summed E-state index contributed by atoms with van der Waals surface area (Å²) in [5.74, 6) is 0.422. The standard InChI is InChI=1S/C12H17N3O4S/c1-2-13-11-7-10(15(16)17)5-6-12(11)20(18,19)14-8-9-3-4-9/h5-7,9,13-14H,2-4,8H2,1H3. The lowest BCUT2D eigenvalue weighted by molar-refractivity contribution is -0.384. The van der Waals surface area contributed by atoms with E-state index in [1.807, 2.05) is 0 Å². The van der Waals surface area contributed by atoms with E-state index in [1.165, 1.54) is 18.2 Å². The lowest BCUT2D eigenvalue weighted by Gasteiger charge is -2.12. The van der Waals surface area contributed by atoms with Gasteiger partial charge in [0.15, 0.2) is 0 Å². The molecule has 2 N–H and O–H groups in total. The number of anilines is 1. The smallest absolute Gasteiger partial charge is 0.271 e. The Balaban J connectivity index is 2.30. The second kappa shape index (κ2) is 5.76. The third kappa shape index (κ3) is 3.45. The molecule has 0 spiro atoms. The Hall–Kier alpha value is -1.67. The first-order valence-corrected chi connectivity index (χ1v) is 7.94. The highest BCUT2D eigenvalue weighted by Gasteiger charge is 2.26. The molecule has 0 saturated heterocycles. The first kappa shape index (κ1) is 14.7. The quantitative estimate of drug-likeness (QED) is 0.589. The third-order valence-electron chi connectivity index (χ3n) is 3.09. The molecule has 0 heterocycles. The summed E-state index contributed by atoms with van der Waals surface area (Å²) in [7, 11) is -3.65. The van der Waals surface area contributed by atoms with Gasteiger partial charge >= 0.3 is 0 Å². The minimum atomic E-state index is -3.65. The number of hydrogen-bond acceptors (Lipinski definition) is 5. The van der Waals surface area contributed by atoms with E-state index in [0.29, 0.717) is 19.0 Å². The number of nitro groups is 1. The van der Waals surface area contributed by atoms with Crippen molar-refractivity contribution in [2.45, 2.75) is 24.7 Å². The van der Waals surface area contributed by atoms with Crippen LogP contribution in [0.15, 0.2) is 23.1 Å². The SMILES string of the molecule is CCNc1cc([N+](=O)[O-])ccc1S(=O)(=O)NCC1CC1. The van der Waals surface area contributed by atoms with Crippen LogP contribution in [-0.2, 0) is 10.0 Å². The molecule has 7 nitrogen and oxygen atoms in total. The first-order chi connectivity index (χ1) is 9.44. The van der Waals surface area contributed by atoms with Crippen LogP contribution in [0.25, 0.3) is 0 Å². The number of nitro benzene ring substituents is 1. The first-order valence-electron chi connectivity index (χ1n) is 6.46. The number of nitrogens with zero attached hydrogens (tertiary/aromatic N) is 1. The van der Waals surface area contributed by atoms with E-state index in [9.17, 15) is 18.5 Å². The van der Waals surface area contributed by atoms with Crippen LogP contribution in [0.5, 0.6) is 0 Å². The molecule has 0 bridgehead atoms. The number of non-ortho nitro benzene ring substituents is 1. The molecule has 1 aliphatic carbocycles.